The summed E-state index contributed by atoms with van der Waals surface area (Å²) in [6.45, 7) is 4.44. The van der Waals surface area contributed by atoms with E-state index >= 15 is 0 Å². The van der Waals surface area contributed by atoms with Crippen molar-refractivity contribution in [2.45, 2.75) is 45.2 Å². The molecule has 4 rings (SSSR count). The number of aryl methyl sites for hydroxylation is 1. The molecule has 2 aromatic rings. The summed E-state index contributed by atoms with van der Waals surface area (Å²) in [6.07, 6.45) is 3.77. The van der Waals surface area contributed by atoms with Crippen LogP contribution in [0.2, 0.25) is 0 Å². The maximum absolute atomic E-state index is 13.4. The lowest BCUT2D eigenvalue weighted by Crippen LogP contribution is -2.39. The van der Waals surface area contributed by atoms with E-state index in [1.165, 1.54) is 6.07 Å². The number of hydrogen-bond donors (Lipinski definition) is 1. The van der Waals surface area contributed by atoms with Gasteiger partial charge in [-0.25, -0.2) is 0 Å². The summed E-state index contributed by atoms with van der Waals surface area (Å²) in [5.41, 5.74) is 2.44. The van der Waals surface area contributed by atoms with Gasteiger partial charge in [0.05, 0.1) is 4.92 Å². The second-order valence-corrected chi connectivity index (χ2v) is 8.63. The second kappa shape index (κ2) is 7.64. The molecule has 28 heavy (non-hydrogen) atoms. The first-order valence-corrected chi connectivity index (χ1v) is 10.8. The highest BCUT2D eigenvalue weighted by atomic mass is 32.1. The Morgan fingerprint density at radius 1 is 1.36 bits per heavy atom. The summed E-state index contributed by atoms with van der Waals surface area (Å²) in [5, 5.41) is 18.9. The third kappa shape index (κ3) is 3.56. The molecule has 6 nitrogen and oxygen atoms in total. The monoisotopic (exact) mass is 399 g/mol. The van der Waals surface area contributed by atoms with E-state index in [1.807, 2.05) is 23.3 Å². The standard InChI is InChI=1S/C21H25N3O3S/c1-2-16-3-4-17(11-18(16)24(26)27)20(25)23(13-15-5-10-28-14-15)19-12-21(19)6-8-22-9-7-21/h3-5,10-11,14,19,22H,2,6-9,12-13H2,1H3. The van der Waals surface area contributed by atoms with E-state index in [-0.39, 0.29) is 28.0 Å². The normalized spacial score (nSPS) is 20.1. The molecule has 1 saturated heterocycles. The molecule has 1 amide bonds. The molecule has 2 fully saturated rings. The Labute approximate surface area is 168 Å². The molecule has 0 bridgehead atoms. The van der Waals surface area contributed by atoms with Crippen molar-refractivity contribution in [1.29, 1.82) is 0 Å². The summed E-state index contributed by atoms with van der Waals surface area (Å²) in [4.78, 5) is 26.5. The minimum Gasteiger partial charge on any atom is -0.331 e. The van der Waals surface area contributed by atoms with E-state index in [2.05, 4.69) is 10.7 Å². The topological polar surface area (TPSA) is 75.5 Å². The molecule has 2 aliphatic rings. The van der Waals surface area contributed by atoms with Crippen LogP contribution in [0.1, 0.15) is 47.7 Å². The summed E-state index contributed by atoms with van der Waals surface area (Å²) < 4.78 is 0. The van der Waals surface area contributed by atoms with Crippen molar-refractivity contribution in [2.24, 2.45) is 5.41 Å². The predicted octanol–water partition coefficient (Wildman–Crippen LogP) is 4.00. The second-order valence-electron chi connectivity index (χ2n) is 7.85. The average Bonchev–Trinajstić information content (AvgIpc) is 3.14. The Morgan fingerprint density at radius 3 is 2.79 bits per heavy atom. The summed E-state index contributed by atoms with van der Waals surface area (Å²) in [6, 6.07) is 7.18. The first kappa shape index (κ1) is 19.1. The quantitative estimate of drug-likeness (QED) is 0.588. The van der Waals surface area contributed by atoms with Gasteiger partial charge in [-0.05, 0) is 72.6 Å². The molecule has 148 valence electrons. The van der Waals surface area contributed by atoms with Crippen LogP contribution in [0.5, 0.6) is 0 Å². The Bertz CT molecular complexity index is 875. The zero-order valence-corrected chi connectivity index (χ0v) is 16.8. The molecule has 1 atom stereocenters. The SMILES string of the molecule is CCc1ccc(C(=O)N(Cc2ccsc2)C2CC23CCNCC3)cc1[N+](=O)[O-]. The molecular formula is C21H25N3O3S. The van der Waals surface area contributed by atoms with Crippen LogP contribution in [0, 0.1) is 15.5 Å². The molecule has 1 N–H and O–H groups in total. The molecule has 1 aromatic carbocycles. The highest BCUT2D eigenvalue weighted by molar-refractivity contribution is 7.07. The maximum atomic E-state index is 13.4. The van der Waals surface area contributed by atoms with Crippen molar-refractivity contribution >= 4 is 22.9 Å². The number of nitrogens with zero attached hydrogens (tertiary/aromatic N) is 2. The van der Waals surface area contributed by atoms with Crippen molar-refractivity contribution in [2.75, 3.05) is 13.1 Å². The van der Waals surface area contributed by atoms with Gasteiger partial charge in [0.15, 0.2) is 0 Å². The molecule has 1 spiro atoms. The maximum Gasteiger partial charge on any atom is 0.273 e. The van der Waals surface area contributed by atoms with E-state index in [1.54, 1.807) is 23.5 Å². The number of nitrogens with one attached hydrogen (secondary N) is 1. The van der Waals surface area contributed by atoms with E-state index in [9.17, 15) is 14.9 Å². The number of amides is 1. The van der Waals surface area contributed by atoms with Crippen LogP contribution in [0.3, 0.4) is 0 Å². The highest BCUT2D eigenvalue weighted by Gasteiger charge is 2.57. The molecule has 0 radical (unpaired) electrons. The van der Waals surface area contributed by atoms with Gasteiger partial charge in [-0.15, -0.1) is 0 Å². The van der Waals surface area contributed by atoms with Gasteiger partial charge in [0, 0.05) is 29.8 Å². The number of carbonyl (C=O) groups is 1. The Kier molecular flexibility index (Phi) is 5.21. The number of hydrogen-bond acceptors (Lipinski definition) is 5. The highest BCUT2D eigenvalue weighted by Crippen LogP contribution is 2.56. The van der Waals surface area contributed by atoms with Crippen LogP contribution in [-0.4, -0.2) is 34.9 Å². The number of thiophene rings is 1. The van der Waals surface area contributed by atoms with Crippen molar-refractivity contribution in [3.63, 3.8) is 0 Å². The zero-order valence-electron chi connectivity index (χ0n) is 16.0. The molecule has 2 heterocycles. The lowest BCUT2D eigenvalue weighted by Gasteiger charge is -2.29. The van der Waals surface area contributed by atoms with Crippen LogP contribution in [0.25, 0.3) is 0 Å². The minimum absolute atomic E-state index is 0.0382. The van der Waals surface area contributed by atoms with Gasteiger partial charge in [-0.3, -0.25) is 14.9 Å². The van der Waals surface area contributed by atoms with Crippen LogP contribution in [-0.2, 0) is 13.0 Å². The summed E-state index contributed by atoms with van der Waals surface area (Å²) in [7, 11) is 0. The first-order chi connectivity index (χ1) is 13.5. The third-order valence-corrected chi connectivity index (χ3v) is 6.96. The largest absolute Gasteiger partial charge is 0.331 e. The molecule has 1 aromatic heterocycles. The van der Waals surface area contributed by atoms with Gasteiger partial charge in [0.2, 0.25) is 0 Å². The fraction of sp³-hybridized carbons (Fsp3) is 0.476. The fourth-order valence-corrected chi connectivity index (χ4v) is 5.12. The average molecular weight is 400 g/mol. The lowest BCUT2D eigenvalue weighted by molar-refractivity contribution is -0.385. The van der Waals surface area contributed by atoms with Gasteiger partial charge < -0.3 is 10.2 Å². The lowest BCUT2D eigenvalue weighted by atomic mass is 9.93. The number of nitro benzene ring substituents is 1. The number of benzene rings is 1. The predicted molar refractivity (Wildman–Crippen MR) is 110 cm³/mol. The smallest absolute Gasteiger partial charge is 0.273 e. The van der Waals surface area contributed by atoms with Crippen molar-refractivity contribution < 1.29 is 9.72 Å². The molecule has 1 saturated carbocycles. The Hall–Kier alpha value is -2.25. The van der Waals surface area contributed by atoms with Gasteiger partial charge in [0.25, 0.3) is 11.6 Å². The van der Waals surface area contributed by atoms with Crippen LogP contribution >= 0.6 is 11.3 Å². The Balaban J connectivity index is 1.64. The zero-order chi connectivity index (χ0) is 19.7. The van der Waals surface area contributed by atoms with Crippen molar-refractivity contribution in [1.82, 2.24) is 10.2 Å². The van der Waals surface area contributed by atoms with Crippen LogP contribution in [0.4, 0.5) is 5.69 Å². The summed E-state index contributed by atoms with van der Waals surface area (Å²) >= 11 is 1.62. The minimum atomic E-state index is -0.385. The molecule has 7 heteroatoms. The van der Waals surface area contributed by atoms with Gasteiger partial charge >= 0.3 is 0 Å². The number of piperidine rings is 1. The molecule has 1 unspecified atom stereocenters. The number of nitro groups is 1. The van der Waals surface area contributed by atoms with Crippen molar-refractivity contribution in [3.8, 4) is 0 Å². The van der Waals surface area contributed by atoms with E-state index in [0.717, 1.165) is 37.9 Å². The van der Waals surface area contributed by atoms with Gasteiger partial charge in [-0.1, -0.05) is 13.0 Å². The van der Waals surface area contributed by atoms with Crippen molar-refractivity contribution in [3.05, 3.63) is 61.8 Å². The Morgan fingerprint density at radius 2 is 2.14 bits per heavy atom. The van der Waals surface area contributed by atoms with Crippen LogP contribution < -0.4 is 5.32 Å². The fourth-order valence-electron chi connectivity index (χ4n) is 4.46. The van der Waals surface area contributed by atoms with Gasteiger partial charge in [-0.2, -0.15) is 11.3 Å². The van der Waals surface area contributed by atoms with E-state index in [4.69, 9.17) is 0 Å². The molecule has 1 aliphatic carbocycles. The number of carbonyl (C=O) groups excluding carboxylic acids is 1. The first-order valence-electron chi connectivity index (χ1n) is 9.84. The summed E-state index contributed by atoms with van der Waals surface area (Å²) in [5.74, 6) is -0.0997. The number of rotatable bonds is 6. The third-order valence-electron chi connectivity index (χ3n) is 6.23. The van der Waals surface area contributed by atoms with E-state index < -0.39 is 0 Å². The molecule has 1 aliphatic heterocycles. The van der Waals surface area contributed by atoms with Crippen LogP contribution in [0.15, 0.2) is 35.0 Å². The van der Waals surface area contributed by atoms with Gasteiger partial charge in [0.1, 0.15) is 0 Å². The molecular weight excluding hydrogens is 374 g/mol. The van der Waals surface area contributed by atoms with E-state index in [0.29, 0.717) is 24.1 Å².